The predicted molar refractivity (Wildman–Crippen MR) is 155 cm³/mol. The average Bonchev–Trinajstić information content (AvgIpc) is 2.74. The van der Waals surface area contributed by atoms with Gasteiger partial charge in [0, 0.05) is 5.56 Å². The van der Waals surface area contributed by atoms with E-state index in [0.29, 0.717) is 25.4 Å². The number of carbonyl (C=O) groups is 2. The topological polar surface area (TPSA) is 121 Å². The second-order valence-corrected chi connectivity index (χ2v) is 11.6. The molecule has 0 bridgehead atoms. The maximum absolute atomic E-state index is 13.4. The first-order chi connectivity index (χ1) is 15.0. The zero-order valence-electron chi connectivity index (χ0n) is 16.1. The number of nitrogens with two attached hydrogens (primary N) is 1. The van der Waals surface area contributed by atoms with Gasteiger partial charge < -0.3 is 21.1 Å². The van der Waals surface area contributed by atoms with Gasteiger partial charge in [-0.05, 0) is 144 Å². The van der Waals surface area contributed by atoms with E-state index >= 15 is 0 Å². The van der Waals surface area contributed by atoms with E-state index in [0.717, 1.165) is 5.56 Å². The molecule has 1 unspecified atom stereocenters. The molecule has 0 aliphatic carbocycles. The molecular weight excluding hydrogens is 866 g/mol. The number of rotatable bonds is 6. The van der Waals surface area contributed by atoms with Gasteiger partial charge in [-0.3, -0.25) is 4.79 Å². The van der Waals surface area contributed by atoms with Crippen molar-refractivity contribution in [2.45, 2.75) is 12.5 Å². The molecule has 1 atom stereocenters. The van der Waals surface area contributed by atoms with E-state index < -0.39 is 17.8 Å². The van der Waals surface area contributed by atoms with Gasteiger partial charge in [-0.1, -0.05) is 12.1 Å². The molecule has 0 aliphatic rings. The highest BCUT2D eigenvalue weighted by Gasteiger charge is 2.26. The second kappa shape index (κ2) is 10.7. The highest BCUT2D eigenvalue weighted by molar-refractivity contribution is 14.1. The summed E-state index contributed by atoms with van der Waals surface area (Å²) in [5, 5.41) is 29.8. The lowest BCUT2D eigenvalue weighted by Gasteiger charge is -2.17. The number of ketones is 1. The summed E-state index contributed by atoms with van der Waals surface area (Å²) in [6.45, 7) is 0. The van der Waals surface area contributed by atoms with Crippen molar-refractivity contribution < 1.29 is 24.9 Å². The fraction of sp³-hybridized carbons (Fsp3) is 0.0909. The van der Waals surface area contributed by atoms with Crippen molar-refractivity contribution in [1.82, 2.24) is 0 Å². The SMILES string of the molecule is NC(Cc1cc(I)c(O)c(I)c1)C(=O)c1c(C(=O)O)cccc1-c1cc(I)c(O)c(I)c1. The van der Waals surface area contributed by atoms with Crippen LogP contribution in [-0.2, 0) is 6.42 Å². The van der Waals surface area contributed by atoms with Gasteiger partial charge in [-0.25, -0.2) is 4.79 Å². The largest absolute Gasteiger partial charge is 0.506 e. The molecule has 3 rings (SSSR count). The number of Topliss-reactive ketones (excluding diaryl/α,β-unsaturated/α-hetero) is 1. The van der Waals surface area contributed by atoms with Crippen LogP contribution in [0.2, 0.25) is 0 Å². The Bertz CT molecular complexity index is 1200. The summed E-state index contributed by atoms with van der Waals surface area (Å²) in [6.07, 6.45) is 0.184. The number of benzene rings is 3. The second-order valence-electron chi connectivity index (χ2n) is 6.90. The first kappa shape index (κ1) is 25.9. The first-order valence-electron chi connectivity index (χ1n) is 9.02. The Morgan fingerprint density at radius 3 is 1.88 bits per heavy atom. The standard InChI is InChI=1S/C22H15I4NO5/c23-13-4-9(5-14(24)19(13)28)6-17(27)21(30)18-11(2-1-3-12(18)22(31)32)10-7-15(25)20(29)16(26)8-10/h1-5,7-8,17,28-29H,6,27H2,(H,31,32). The summed E-state index contributed by atoms with van der Waals surface area (Å²) in [5.41, 5.74) is 7.99. The third-order valence-corrected chi connectivity index (χ3v) is 8.03. The number of aromatic carboxylic acids is 1. The molecule has 0 heterocycles. The van der Waals surface area contributed by atoms with Gasteiger partial charge in [-0.2, -0.15) is 0 Å². The van der Waals surface area contributed by atoms with Crippen LogP contribution in [0.25, 0.3) is 11.1 Å². The third kappa shape index (κ3) is 5.50. The number of hydrogen-bond acceptors (Lipinski definition) is 5. The van der Waals surface area contributed by atoms with Crippen molar-refractivity contribution in [3.63, 3.8) is 0 Å². The lowest BCUT2D eigenvalue weighted by molar-refractivity contribution is 0.0691. The molecule has 0 fully saturated rings. The Kier molecular flexibility index (Phi) is 8.65. The van der Waals surface area contributed by atoms with Crippen molar-refractivity contribution in [2.24, 2.45) is 5.73 Å². The molecular formula is C22H15I4NO5. The monoisotopic (exact) mass is 881 g/mol. The number of halogens is 4. The van der Waals surface area contributed by atoms with Crippen LogP contribution < -0.4 is 5.73 Å². The zero-order valence-corrected chi connectivity index (χ0v) is 24.7. The van der Waals surface area contributed by atoms with Crippen LogP contribution in [0.5, 0.6) is 11.5 Å². The van der Waals surface area contributed by atoms with Gasteiger partial charge in [-0.15, -0.1) is 0 Å². The van der Waals surface area contributed by atoms with E-state index in [9.17, 15) is 24.9 Å². The maximum atomic E-state index is 13.4. The molecule has 0 radical (unpaired) electrons. The Morgan fingerprint density at radius 2 is 1.38 bits per heavy atom. The predicted octanol–water partition coefficient (Wildman–Crippen LogP) is 5.63. The van der Waals surface area contributed by atoms with Crippen molar-refractivity contribution in [3.8, 4) is 22.6 Å². The molecule has 10 heteroatoms. The number of carboxylic acid groups (broad SMARTS) is 1. The fourth-order valence-electron chi connectivity index (χ4n) is 3.23. The van der Waals surface area contributed by atoms with Gasteiger partial charge in [0.2, 0.25) is 0 Å². The lowest BCUT2D eigenvalue weighted by Crippen LogP contribution is -2.34. The van der Waals surface area contributed by atoms with Crippen LogP contribution in [0.3, 0.4) is 0 Å². The van der Waals surface area contributed by atoms with Crippen LogP contribution >= 0.6 is 90.4 Å². The normalized spacial score (nSPS) is 11.9. The Morgan fingerprint density at radius 1 is 0.875 bits per heavy atom. The molecule has 0 saturated heterocycles. The Hall–Kier alpha value is -0.720. The van der Waals surface area contributed by atoms with Crippen LogP contribution in [0.15, 0.2) is 42.5 Å². The molecule has 3 aromatic rings. The van der Waals surface area contributed by atoms with Crippen LogP contribution in [-0.4, -0.2) is 33.1 Å². The first-order valence-corrected chi connectivity index (χ1v) is 13.3. The maximum Gasteiger partial charge on any atom is 0.336 e. The third-order valence-electron chi connectivity index (χ3n) is 4.74. The number of carboxylic acids is 1. The van der Waals surface area contributed by atoms with Gasteiger partial charge in [0.05, 0.1) is 25.9 Å². The van der Waals surface area contributed by atoms with Gasteiger partial charge in [0.1, 0.15) is 11.5 Å². The summed E-state index contributed by atoms with van der Waals surface area (Å²) in [5.74, 6) is -1.41. The van der Waals surface area contributed by atoms with Gasteiger partial charge in [0.15, 0.2) is 5.78 Å². The fourth-order valence-corrected chi connectivity index (χ4v) is 6.89. The molecule has 6 nitrogen and oxygen atoms in total. The molecule has 32 heavy (non-hydrogen) atoms. The Labute approximate surface area is 238 Å². The lowest BCUT2D eigenvalue weighted by atomic mass is 9.88. The number of hydrogen-bond donors (Lipinski definition) is 4. The van der Waals surface area contributed by atoms with Crippen LogP contribution in [0.4, 0.5) is 0 Å². The summed E-state index contributed by atoms with van der Waals surface area (Å²) < 4.78 is 2.45. The van der Waals surface area contributed by atoms with Crippen molar-refractivity contribution in [3.05, 3.63) is 73.4 Å². The molecule has 3 aromatic carbocycles. The average molecular weight is 881 g/mol. The Balaban J connectivity index is 2.09. The van der Waals surface area contributed by atoms with Crippen molar-refractivity contribution in [2.75, 3.05) is 0 Å². The summed E-state index contributed by atoms with van der Waals surface area (Å²) >= 11 is 7.99. The molecule has 5 N–H and O–H groups in total. The molecule has 0 saturated carbocycles. The smallest absolute Gasteiger partial charge is 0.336 e. The molecule has 0 amide bonds. The van der Waals surface area contributed by atoms with Crippen LogP contribution in [0.1, 0.15) is 26.3 Å². The van der Waals surface area contributed by atoms with E-state index in [-0.39, 0.29) is 29.0 Å². The highest BCUT2D eigenvalue weighted by atomic mass is 127. The van der Waals surface area contributed by atoms with E-state index in [1.54, 1.807) is 36.4 Å². The minimum atomic E-state index is -1.22. The molecule has 166 valence electrons. The van der Waals surface area contributed by atoms with Gasteiger partial charge in [0.25, 0.3) is 0 Å². The van der Waals surface area contributed by atoms with E-state index in [1.165, 1.54) is 6.07 Å². The summed E-state index contributed by atoms with van der Waals surface area (Å²) in [7, 11) is 0. The van der Waals surface area contributed by atoms with Gasteiger partial charge >= 0.3 is 5.97 Å². The summed E-state index contributed by atoms with van der Waals surface area (Å²) in [4.78, 5) is 25.4. The van der Waals surface area contributed by atoms with Crippen LogP contribution in [0, 0.1) is 14.3 Å². The number of aromatic hydroxyl groups is 2. The quantitative estimate of drug-likeness (QED) is 0.188. The van der Waals surface area contributed by atoms with E-state index in [4.69, 9.17) is 5.73 Å². The number of carbonyl (C=O) groups excluding carboxylic acids is 1. The number of phenolic OH excluding ortho intramolecular Hbond substituents is 2. The minimum absolute atomic E-state index is 0.0352. The molecule has 0 aromatic heterocycles. The summed E-state index contributed by atoms with van der Waals surface area (Å²) in [6, 6.07) is 10.6. The zero-order chi connectivity index (χ0) is 23.7. The highest BCUT2D eigenvalue weighted by Crippen LogP contribution is 2.35. The van der Waals surface area contributed by atoms with Crippen molar-refractivity contribution >= 4 is 102 Å². The minimum Gasteiger partial charge on any atom is -0.506 e. The number of phenols is 2. The van der Waals surface area contributed by atoms with Crippen molar-refractivity contribution in [1.29, 1.82) is 0 Å². The molecule has 0 spiro atoms. The van der Waals surface area contributed by atoms with E-state index in [1.807, 2.05) is 90.4 Å². The van der Waals surface area contributed by atoms with E-state index in [2.05, 4.69) is 0 Å². The molecule has 0 aliphatic heterocycles.